The molecule has 0 radical (unpaired) electrons. The van der Waals surface area contributed by atoms with Gasteiger partial charge in [0.2, 0.25) is 11.5 Å². The first kappa shape index (κ1) is 38.8. The average molecular weight is 771 g/mol. The molecule has 4 aliphatic rings. The van der Waals surface area contributed by atoms with E-state index in [1.165, 1.54) is 12.1 Å². The molecule has 4 fully saturated rings. The molecule has 11 nitrogen and oxygen atoms in total. The molecule has 0 unspecified atom stereocenters. The molecule has 12 heteroatoms. The summed E-state index contributed by atoms with van der Waals surface area (Å²) in [5, 5.41) is 28.1. The van der Waals surface area contributed by atoms with E-state index in [9.17, 15) is 24.6 Å². The standard InChI is InChI=1S/C43H51ClN4O7/c1-54-37-23-34(33(44)22-29(37)24-45-25-36(50)31-12-14-35(49)41-32(31)13-15-40(52)47-41)46-39(51)7-5-6-27-8-10-30(11-9-27)43(18-3-2-4-19-43)42(53)55-38-26-48-20-16-28(38)17-21-48/h8-15,22-23,28,36,38,45,49-50H,2-7,16-21,24-26H2,1H3,(H,46,51)(H,47,52)/t36-,38+/m1/s1. The third-order valence-electron chi connectivity index (χ3n) is 11.9. The largest absolute Gasteiger partial charge is 0.506 e. The number of ether oxygens (including phenoxy) is 2. The van der Waals surface area contributed by atoms with Crippen LogP contribution >= 0.6 is 11.6 Å². The van der Waals surface area contributed by atoms with Crippen LogP contribution in [0.3, 0.4) is 0 Å². The first-order valence-electron chi connectivity index (χ1n) is 19.6. The Morgan fingerprint density at radius 2 is 1.80 bits per heavy atom. The number of aliphatic hydroxyl groups excluding tert-OH is 1. The van der Waals surface area contributed by atoms with E-state index < -0.39 is 11.5 Å². The minimum Gasteiger partial charge on any atom is -0.506 e. The predicted molar refractivity (Wildman–Crippen MR) is 213 cm³/mol. The van der Waals surface area contributed by atoms with Crippen LogP contribution in [0.5, 0.6) is 11.5 Å². The van der Waals surface area contributed by atoms with Crippen LogP contribution in [0.2, 0.25) is 5.02 Å². The highest BCUT2D eigenvalue weighted by atomic mass is 35.5. The second-order valence-corrected chi connectivity index (χ2v) is 15.8. The molecule has 3 aliphatic heterocycles. The molecule has 3 saturated heterocycles. The predicted octanol–water partition coefficient (Wildman–Crippen LogP) is 6.52. The van der Waals surface area contributed by atoms with Gasteiger partial charge in [-0.3, -0.25) is 19.3 Å². The number of amides is 1. The van der Waals surface area contributed by atoms with Crippen molar-refractivity contribution in [1.82, 2.24) is 15.2 Å². The zero-order valence-corrected chi connectivity index (χ0v) is 32.1. The summed E-state index contributed by atoms with van der Waals surface area (Å²) in [7, 11) is 1.54. The number of H-pyrrole nitrogens is 1. The average Bonchev–Trinajstić information content (AvgIpc) is 3.20. The normalized spacial score (nSPS) is 20.9. The van der Waals surface area contributed by atoms with E-state index in [-0.39, 0.29) is 41.4 Å². The Morgan fingerprint density at radius 3 is 2.51 bits per heavy atom. The van der Waals surface area contributed by atoms with Crippen molar-refractivity contribution in [3.05, 3.63) is 98.3 Å². The minimum absolute atomic E-state index is 0.00590. The van der Waals surface area contributed by atoms with Crippen molar-refractivity contribution in [2.75, 3.05) is 38.6 Å². The van der Waals surface area contributed by atoms with E-state index in [0.29, 0.717) is 52.7 Å². The fraction of sp³-hybridized carbons (Fsp3) is 0.465. The van der Waals surface area contributed by atoms with Gasteiger partial charge in [0, 0.05) is 49.1 Å². The Hall–Kier alpha value is -4.42. The molecule has 5 N–H and O–H groups in total. The van der Waals surface area contributed by atoms with Crippen LogP contribution in [0.1, 0.15) is 86.1 Å². The van der Waals surface area contributed by atoms with E-state index in [0.717, 1.165) is 87.7 Å². The third kappa shape index (κ3) is 8.70. The molecule has 3 aromatic carbocycles. The molecular weight excluding hydrogens is 720 g/mol. The molecule has 4 aromatic rings. The fourth-order valence-corrected chi connectivity index (χ4v) is 8.97. The van der Waals surface area contributed by atoms with Crippen LogP contribution in [0.4, 0.5) is 5.69 Å². The monoisotopic (exact) mass is 770 g/mol. The number of hydrogen-bond donors (Lipinski definition) is 5. The molecule has 2 bridgehead atoms. The maximum absolute atomic E-state index is 13.9. The number of benzene rings is 3. The van der Waals surface area contributed by atoms with E-state index in [1.54, 1.807) is 31.4 Å². The van der Waals surface area contributed by atoms with Crippen LogP contribution in [-0.2, 0) is 32.7 Å². The molecule has 2 atom stereocenters. The highest BCUT2D eigenvalue weighted by Gasteiger charge is 2.45. The summed E-state index contributed by atoms with van der Waals surface area (Å²) in [6, 6.07) is 17.8. The number of nitrogens with zero attached hydrogens (tertiary/aromatic N) is 1. The van der Waals surface area contributed by atoms with Gasteiger partial charge in [-0.05, 0) is 92.4 Å². The zero-order chi connectivity index (χ0) is 38.5. The number of esters is 1. The fourth-order valence-electron chi connectivity index (χ4n) is 8.74. The van der Waals surface area contributed by atoms with Gasteiger partial charge in [0.1, 0.15) is 17.6 Å². The SMILES string of the molecule is COc1cc(NC(=O)CCCc2ccc(C3(C(=O)O[C@H]4CN5CCC4CC5)CCCCC3)cc2)c(Cl)cc1CNC[C@@H](O)c1ccc(O)c2[nH]c(=O)ccc12. The first-order chi connectivity index (χ1) is 26.6. The Balaban J connectivity index is 0.906. The highest BCUT2D eigenvalue weighted by molar-refractivity contribution is 6.33. The van der Waals surface area contributed by atoms with Crippen molar-refractivity contribution in [3.63, 3.8) is 0 Å². The van der Waals surface area contributed by atoms with Gasteiger partial charge in [-0.25, -0.2) is 0 Å². The second kappa shape index (κ2) is 17.2. The lowest BCUT2D eigenvalue weighted by molar-refractivity contribution is -0.167. The number of aromatic amines is 1. The zero-order valence-electron chi connectivity index (χ0n) is 31.4. The number of halogens is 1. The summed E-state index contributed by atoms with van der Waals surface area (Å²) in [5.41, 5.74) is 3.25. The van der Waals surface area contributed by atoms with Gasteiger partial charge in [0.15, 0.2) is 0 Å². The van der Waals surface area contributed by atoms with Crippen molar-refractivity contribution in [2.24, 2.45) is 5.92 Å². The Bertz CT molecular complexity index is 2050. The van der Waals surface area contributed by atoms with Gasteiger partial charge < -0.3 is 35.3 Å². The number of carbonyl (C=O) groups is 2. The summed E-state index contributed by atoms with van der Waals surface area (Å²) in [4.78, 5) is 43.7. The molecule has 1 saturated carbocycles. The van der Waals surface area contributed by atoms with Gasteiger partial charge >= 0.3 is 5.97 Å². The van der Waals surface area contributed by atoms with E-state index in [1.807, 2.05) is 0 Å². The van der Waals surface area contributed by atoms with Crippen LogP contribution < -0.4 is 20.9 Å². The number of aliphatic hydroxyl groups is 1. The Kier molecular flexibility index (Phi) is 12.1. The molecule has 0 spiro atoms. The Labute approximate surface area is 326 Å². The molecule has 292 valence electrons. The van der Waals surface area contributed by atoms with E-state index in [2.05, 4.69) is 44.8 Å². The van der Waals surface area contributed by atoms with Crippen LogP contribution in [0.15, 0.2) is 65.5 Å². The maximum atomic E-state index is 13.9. The van der Waals surface area contributed by atoms with E-state index in [4.69, 9.17) is 21.1 Å². The van der Waals surface area contributed by atoms with Gasteiger partial charge in [-0.2, -0.15) is 0 Å². The van der Waals surface area contributed by atoms with Crippen LogP contribution in [0.25, 0.3) is 10.9 Å². The smallest absolute Gasteiger partial charge is 0.316 e. The molecule has 1 aromatic heterocycles. The molecular formula is C43H51ClN4O7. The summed E-state index contributed by atoms with van der Waals surface area (Å²) in [5.74, 6) is 0.730. The number of piperidine rings is 3. The van der Waals surface area contributed by atoms with Crippen molar-refractivity contribution in [3.8, 4) is 11.5 Å². The Morgan fingerprint density at radius 1 is 1.04 bits per heavy atom. The summed E-state index contributed by atoms with van der Waals surface area (Å²) >= 11 is 6.61. The lowest BCUT2D eigenvalue weighted by atomic mass is 9.69. The summed E-state index contributed by atoms with van der Waals surface area (Å²) in [6.45, 7) is 3.59. The van der Waals surface area contributed by atoms with Gasteiger partial charge in [-0.15, -0.1) is 0 Å². The number of nitrogens with one attached hydrogen (secondary N) is 3. The number of phenolic OH excluding ortho intramolecular Hbond substituents is 1. The van der Waals surface area contributed by atoms with Crippen LogP contribution in [-0.4, -0.2) is 71.4 Å². The van der Waals surface area contributed by atoms with Crippen molar-refractivity contribution < 1.29 is 29.3 Å². The van der Waals surface area contributed by atoms with Gasteiger partial charge in [0.05, 0.1) is 34.9 Å². The molecule has 4 heterocycles. The number of phenols is 1. The first-order valence-corrected chi connectivity index (χ1v) is 19.9. The van der Waals surface area contributed by atoms with E-state index >= 15 is 0 Å². The molecule has 1 amide bonds. The summed E-state index contributed by atoms with van der Waals surface area (Å²) in [6.07, 6.45) is 7.82. The molecule has 1 aliphatic carbocycles. The number of anilines is 1. The highest BCUT2D eigenvalue weighted by Crippen LogP contribution is 2.42. The molecule has 55 heavy (non-hydrogen) atoms. The number of hydrogen-bond acceptors (Lipinski definition) is 9. The molecule has 8 rings (SSSR count). The van der Waals surface area contributed by atoms with Crippen molar-refractivity contribution in [2.45, 2.75) is 88.4 Å². The number of aromatic nitrogens is 1. The second-order valence-electron chi connectivity index (χ2n) is 15.4. The number of aryl methyl sites for hydroxylation is 1. The quantitative estimate of drug-likeness (QED) is 0.0903. The number of fused-ring (bicyclic) bond motifs is 4. The minimum atomic E-state index is -0.927. The number of carbonyl (C=O) groups excluding carboxylic acids is 2. The van der Waals surface area contributed by atoms with Crippen molar-refractivity contribution in [1.29, 1.82) is 0 Å². The maximum Gasteiger partial charge on any atom is 0.316 e. The van der Waals surface area contributed by atoms with Gasteiger partial charge in [0.25, 0.3) is 0 Å². The topological polar surface area (TPSA) is 153 Å². The van der Waals surface area contributed by atoms with Crippen molar-refractivity contribution >= 4 is 40.1 Å². The van der Waals surface area contributed by atoms with Gasteiger partial charge in [-0.1, -0.05) is 61.2 Å². The number of methoxy groups -OCH3 is 1. The summed E-state index contributed by atoms with van der Waals surface area (Å²) < 4.78 is 11.9. The lowest BCUT2D eigenvalue weighted by Gasteiger charge is -2.45. The number of pyridine rings is 1. The number of aromatic hydroxyl groups is 1. The third-order valence-corrected chi connectivity index (χ3v) is 12.2. The number of rotatable bonds is 14. The van der Waals surface area contributed by atoms with Crippen LogP contribution in [0, 0.1) is 5.92 Å². The lowest BCUT2D eigenvalue weighted by Crippen LogP contribution is -2.53.